The Morgan fingerprint density at radius 1 is 0.720 bits per heavy atom. The summed E-state index contributed by atoms with van der Waals surface area (Å²) < 4.78 is 0. The molecular weight excluding hydrogens is 622 g/mol. The van der Waals surface area contributed by atoms with E-state index in [2.05, 4.69) is 33.0 Å². The van der Waals surface area contributed by atoms with Gasteiger partial charge in [-0.1, -0.05) is 130 Å². The zero-order valence-electron chi connectivity index (χ0n) is 32.9. The third-order valence-corrected chi connectivity index (χ3v) is 15.2. The third kappa shape index (κ3) is 10.7. The number of aliphatic hydroxyl groups excluding tert-OH is 2. The van der Waals surface area contributed by atoms with Crippen LogP contribution in [-0.2, 0) is 9.59 Å². The second-order valence-corrected chi connectivity index (χ2v) is 18.5. The van der Waals surface area contributed by atoms with Crippen molar-refractivity contribution in [1.82, 2.24) is 5.32 Å². The molecule has 0 bridgehead atoms. The lowest BCUT2D eigenvalue weighted by Gasteiger charge is -2.63. The van der Waals surface area contributed by atoms with Crippen molar-refractivity contribution < 1.29 is 24.9 Å². The van der Waals surface area contributed by atoms with E-state index in [1.807, 2.05) is 0 Å². The lowest BCUT2D eigenvalue weighted by Crippen LogP contribution is -2.63. The second-order valence-electron chi connectivity index (χ2n) is 18.5. The van der Waals surface area contributed by atoms with Gasteiger partial charge in [0.2, 0.25) is 5.91 Å². The van der Waals surface area contributed by atoms with E-state index < -0.39 is 12.1 Å². The number of aliphatic hydroxyl groups is 2. The van der Waals surface area contributed by atoms with Crippen molar-refractivity contribution in [3.05, 3.63) is 0 Å². The van der Waals surface area contributed by atoms with Crippen LogP contribution in [0.5, 0.6) is 0 Å². The molecule has 0 aromatic rings. The van der Waals surface area contributed by atoms with Gasteiger partial charge in [-0.2, -0.15) is 0 Å². The van der Waals surface area contributed by atoms with Gasteiger partial charge in [0, 0.05) is 18.9 Å². The van der Waals surface area contributed by atoms with E-state index in [0.717, 1.165) is 57.8 Å². The maximum absolute atomic E-state index is 13.0. The molecule has 0 saturated heterocycles. The minimum Gasteiger partial charge on any atom is -0.481 e. The molecule has 0 heterocycles. The van der Waals surface area contributed by atoms with E-state index >= 15 is 0 Å². The van der Waals surface area contributed by atoms with Gasteiger partial charge in [-0.05, 0) is 104 Å². The Morgan fingerprint density at radius 2 is 1.28 bits per heavy atom. The first-order valence-electron chi connectivity index (χ1n) is 21.9. The van der Waals surface area contributed by atoms with E-state index in [4.69, 9.17) is 0 Å². The fourth-order valence-electron chi connectivity index (χ4n) is 12.1. The average Bonchev–Trinajstić information content (AvgIpc) is 3.44. The van der Waals surface area contributed by atoms with Gasteiger partial charge in [-0.3, -0.25) is 9.59 Å². The monoisotopic (exact) mass is 702 g/mol. The van der Waals surface area contributed by atoms with Crippen molar-refractivity contribution in [3.63, 3.8) is 0 Å². The average molecular weight is 702 g/mol. The molecule has 4 fully saturated rings. The number of unbranched alkanes of at least 4 members (excludes halogenated alkanes) is 16. The summed E-state index contributed by atoms with van der Waals surface area (Å²) in [5, 5.41) is 36.2. The Hall–Kier alpha value is -1.14. The molecule has 4 aliphatic rings. The molecule has 4 N–H and O–H groups in total. The predicted octanol–water partition coefficient (Wildman–Crippen LogP) is 10.6. The number of carboxylic acids is 1. The van der Waals surface area contributed by atoms with Gasteiger partial charge < -0.3 is 20.6 Å². The molecule has 6 heteroatoms. The molecule has 0 spiro atoms. The van der Waals surface area contributed by atoms with Gasteiger partial charge in [0.1, 0.15) is 0 Å². The summed E-state index contributed by atoms with van der Waals surface area (Å²) in [4.78, 5) is 24.2. The molecule has 4 rings (SSSR count). The van der Waals surface area contributed by atoms with Crippen LogP contribution in [0.2, 0.25) is 0 Å². The van der Waals surface area contributed by atoms with Gasteiger partial charge in [0.05, 0.1) is 12.2 Å². The summed E-state index contributed by atoms with van der Waals surface area (Å²) in [5.41, 5.74) is -0.186. The molecule has 11 atom stereocenters. The van der Waals surface area contributed by atoms with Crippen LogP contribution in [0.3, 0.4) is 0 Å². The summed E-state index contributed by atoms with van der Waals surface area (Å²) >= 11 is 0. The molecule has 6 nitrogen and oxygen atoms in total. The number of hydrogen-bond donors (Lipinski definition) is 4. The quantitative estimate of drug-likeness (QED) is 0.0794. The minimum absolute atomic E-state index is 0.0774. The first kappa shape index (κ1) is 41.6. The SMILES string of the molecule is CCCCCCCCCCCCCCCCCCCC(=O)N[C@H]1CC[C@@]2(C)[C@H](C1)C[C@@H](O)[C@H]1[C@H]3CC[C@H]([C@H](C)CCC(=O)O)[C@@]3(C)[C@@H](O)C[C@@H]12. The molecule has 1 amide bonds. The first-order chi connectivity index (χ1) is 24.0. The van der Waals surface area contributed by atoms with Crippen LogP contribution in [0.25, 0.3) is 0 Å². The van der Waals surface area contributed by atoms with Gasteiger partial charge in [-0.15, -0.1) is 0 Å². The topological polar surface area (TPSA) is 107 Å². The fraction of sp³-hybridized carbons (Fsp3) is 0.955. The highest BCUT2D eigenvalue weighted by Gasteiger charge is 2.65. The largest absolute Gasteiger partial charge is 0.481 e. The Labute approximate surface area is 307 Å². The normalized spacial score (nSPS) is 35.6. The Balaban J connectivity index is 1.10. The summed E-state index contributed by atoms with van der Waals surface area (Å²) in [7, 11) is 0. The fourth-order valence-corrected chi connectivity index (χ4v) is 12.1. The van der Waals surface area contributed by atoms with Crippen LogP contribution in [0, 0.1) is 46.3 Å². The maximum Gasteiger partial charge on any atom is 0.303 e. The number of hydrogen-bond acceptors (Lipinski definition) is 4. The van der Waals surface area contributed by atoms with E-state index in [9.17, 15) is 24.9 Å². The highest BCUT2D eigenvalue weighted by Crippen LogP contribution is 2.68. The van der Waals surface area contributed by atoms with Gasteiger partial charge in [0.25, 0.3) is 0 Å². The highest BCUT2D eigenvalue weighted by molar-refractivity contribution is 5.76. The second kappa shape index (κ2) is 20.4. The standard InChI is InChI=1S/C44H79NO5/c1-5-6-7-8-9-10-11-12-13-14-15-16-17-18-19-20-21-22-40(48)45-34-27-28-43(3)33(29-34)30-38(46)42-36-25-24-35(32(2)23-26-41(49)50)44(36,4)39(47)31-37(42)43/h32-39,42,46-47H,5-31H2,1-4H3,(H,45,48)(H,49,50)/t32-,33-,34+,35-,36-,37+,38-,39+,42+,43+,44-/m1/s1. The number of amides is 1. The van der Waals surface area contributed by atoms with Gasteiger partial charge in [-0.25, -0.2) is 0 Å². The van der Waals surface area contributed by atoms with Crippen molar-refractivity contribution in [2.75, 3.05) is 0 Å². The number of carbonyl (C=O) groups is 2. The third-order valence-electron chi connectivity index (χ3n) is 15.2. The van der Waals surface area contributed by atoms with Crippen molar-refractivity contribution in [1.29, 1.82) is 0 Å². The Morgan fingerprint density at radius 3 is 1.84 bits per heavy atom. The van der Waals surface area contributed by atoms with Gasteiger partial charge >= 0.3 is 5.97 Å². The number of carboxylic acid groups (broad SMARTS) is 1. The number of fused-ring (bicyclic) bond motifs is 5. The van der Waals surface area contributed by atoms with Crippen LogP contribution in [0.1, 0.15) is 201 Å². The number of aliphatic carboxylic acids is 1. The lowest BCUT2D eigenvalue weighted by molar-refractivity contribution is -0.202. The van der Waals surface area contributed by atoms with Crippen LogP contribution < -0.4 is 5.32 Å². The molecule has 0 radical (unpaired) electrons. The smallest absolute Gasteiger partial charge is 0.303 e. The van der Waals surface area contributed by atoms with E-state index in [1.54, 1.807) is 0 Å². The molecule has 0 aromatic carbocycles. The molecule has 4 saturated carbocycles. The van der Waals surface area contributed by atoms with E-state index in [1.165, 1.54) is 96.3 Å². The van der Waals surface area contributed by atoms with Crippen molar-refractivity contribution in [3.8, 4) is 0 Å². The van der Waals surface area contributed by atoms with Crippen molar-refractivity contribution in [2.45, 2.75) is 219 Å². The number of carbonyl (C=O) groups excluding carboxylic acids is 1. The van der Waals surface area contributed by atoms with Crippen LogP contribution in [0.4, 0.5) is 0 Å². The summed E-state index contributed by atoms with van der Waals surface area (Å²) in [6.45, 7) is 9.13. The Bertz CT molecular complexity index is 1020. The molecule has 50 heavy (non-hydrogen) atoms. The Kier molecular flexibility index (Phi) is 16.9. The number of rotatable bonds is 23. The molecule has 0 aliphatic heterocycles. The molecule has 0 aromatic heterocycles. The minimum atomic E-state index is -0.746. The summed E-state index contributed by atoms with van der Waals surface area (Å²) in [6, 6.07) is 0.194. The zero-order valence-corrected chi connectivity index (χ0v) is 32.9. The lowest BCUT2D eigenvalue weighted by atomic mass is 9.43. The van der Waals surface area contributed by atoms with Gasteiger partial charge in [0.15, 0.2) is 0 Å². The van der Waals surface area contributed by atoms with E-state index in [0.29, 0.717) is 30.6 Å². The first-order valence-corrected chi connectivity index (χ1v) is 21.9. The summed E-state index contributed by atoms with van der Waals surface area (Å²) in [5.74, 6) is 1.14. The van der Waals surface area contributed by atoms with Crippen LogP contribution >= 0.6 is 0 Å². The zero-order chi connectivity index (χ0) is 36.1. The summed E-state index contributed by atoms with van der Waals surface area (Å²) in [6.07, 6.45) is 30.1. The van der Waals surface area contributed by atoms with E-state index in [-0.39, 0.29) is 53.1 Å². The molecule has 290 valence electrons. The van der Waals surface area contributed by atoms with Crippen molar-refractivity contribution in [2.24, 2.45) is 46.3 Å². The van der Waals surface area contributed by atoms with Crippen LogP contribution in [0.15, 0.2) is 0 Å². The molecular formula is C44H79NO5. The predicted molar refractivity (Wildman–Crippen MR) is 205 cm³/mol. The molecule has 0 unspecified atom stereocenters. The highest BCUT2D eigenvalue weighted by atomic mass is 16.4. The maximum atomic E-state index is 13.0. The van der Waals surface area contributed by atoms with Crippen LogP contribution in [-0.4, -0.2) is 45.4 Å². The van der Waals surface area contributed by atoms with Crippen molar-refractivity contribution >= 4 is 11.9 Å². The number of nitrogens with one attached hydrogen (secondary N) is 1. The molecule has 4 aliphatic carbocycles.